The van der Waals surface area contributed by atoms with Gasteiger partial charge in [0.25, 0.3) is 0 Å². The van der Waals surface area contributed by atoms with Crippen LogP contribution in [0.1, 0.15) is 42.8 Å². The molecule has 166 valence electrons. The number of H-pyrrole nitrogens is 1. The first-order chi connectivity index (χ1) is 15.4. The Morgan fingerprint density at radius 2 is 2.06 bits per heavy atom. The Hall–Kier alpha value is -3.52. The van der Waals surface area contributed by atoms with Crippen LogP contribution in [0.25, 0.3) is 11.4 Å². The Morgan fingerprint density at radius 3 is 2.78 bits per heavy atom. The van der Waals surface area contributed by atoms with Gasteiger partial charge < -0.3 is 15.5 Å². The first kappa shape index (κ1) is 21.7. The highest BCUT2D eigenvalue weighted by atomic mass is 16.2. The fraction of sp³-hybridized carbons (Fsp3) is 0.333. The molecule has 0 radical (unpaired) electrons. The Labute approximate surface area is 187 Å². The van der Waals surface area contributed by atoms with Gasteiger partial charge in [-0.25, -0.2) is 4.98 Å². The Kier molecular flexibility index (Phi) is 6.32. The summed E-state index contributed by atoms with van der Waals surface area (Å²) in [5, 5.41) is 13.3. The molecule has 2 amide bonds. The molecule has 1 aromatic heterocycles. The standard InChI is InChI=1S/C24H28N6O2/c1-15-9-10-20(24-26-17(3)28-29-24)21(12-15)27-22(31)14-25-16(2)18-6-4-7-19(13-18)30-11-5-8-23(30)32/h4,6-7,9-10,12-13,16,25H,5,8,11,14H2,1-3H3,(H,27,31)(H,26,28,29). The van der Waals surface area contributed by atoms with Crippen LogP contribution in [0.2, 0.25) is 0 Å². The van der Waals surface area contributed by atoms with Gasteiger partial charge in [-0.05, 0) is 62.6 Å². The smallest absolute Gasteiger partial charge is 0.238 e. The molecule has 0 bridgehead atoms. The van der Waals surface area contributed by atoms with Gasteiger partial charge in [-0.3, -0.25) is 14.7 Å². The largest absolute Gasteiger partial charge is 0.324 e. The molecule has 8 nitrogen and oxygen atoms in total. The molecule has 3 aromatic rings. The fourth-order valence-corrected chi connectivity index (χ4v) is 3.86. The lowest BCUT2D eigenvalue weighted by Gasteiger charge is -2.19. The van der Waals surface area contributed by atoms with Crippen LogP contribution in [-0.4, -0.2) is 40.1 Å². The minimum atomic E-state index is -0.151. The highest BCUT2D eigenvalue weighted by Gasteiger charge is 2.22. The summed E-state index contributed by atoms with van der Waals surface area (Å²) in [6.45, 7) is 6.72. The molecular formula is C24H28N6O2. The SMILES string of the molecule is Cc1ccc(-c2n[nH]c(C)n2)c(NC(=O)CNC(C)c2cccc(N3CCCC3=O)c2)c1. The minimum Gasteiger partial charge on any atom is -0.324 e. The average molecular weight is 433 g/mol. The molecule has 2 aromatic carbocycles. The number of aryl methyl sites for hydroxylation is 2. The van der Waals surface area contributed by atoms with Crippen LogP contribution in [0.3, 0.4) is 0 Å². The van der Waals surface area contributed by atoms with Crippen molar-refractivity contribution < 1.29 is 9.59 Å². The van der Waals surface area contributed by atoms with E-state index in [0.29, 0.717) is 23.8 Å². The second-order valence-corrected chi connectivity index (χ2v) is 8.19. The molecule has 1 unspecified atom stereocenters. The molecule has 8 heteroatoms. The lowest BCUT2D eigenvalue weighted by molar-refractivity contribution is -0.117. The summed E-state index contributed by atoms with van der Waals surface area (Å²) in [6.07, 6.45) is 1.50. The molecular weight excluding hydrogens is 404 g/mol. The van der Waals surface area contributed by atoms with Crippen molar-refractivity contribution in [2.24, 2.45) is 0 Å². The quantitative estimate of drug-likeness (QED) is 0.530. The number of nitrogens with zero attached hydrogens (tertiary/aromatic N) is 3. The van der Waals surface area contributed by atoms with Crippen LogP contribution in [0.15, 0.2) is 42.5 Å². The summed E-state index contributed by atoms with van der Waals surface area (Å²) in [5.74, 6) is 1.28. The lowest BCUT2D eigenvalue weighted by Crippen LogP contribution is -2.30. The number of aromatic nitrogens is 3. The summed E-state index contributed by atoms with van der Waals surface area (Å²) in [5.41, 5.74) is 4.42. The molecule has 4 rings (SSSR count). The zero-order chi connectivity index (χ0) is 22.7. The molecule has 1 atom stereocenters. The van der Waals surface area contributed by atoms with Crippen molar-refractivity contribution in [3.8, 4) is 11.4 Å². The highest BCUT2D eigenvalue weighted by Crippen LogP contribution is 2.27. The normalized spacial score (nSPS) is 14.6. The fourth-order valence-electron chi connectivity index (χ4n) is 3.86. The molecule has 1 aliphatic rings. The molecule has 1 aliphatic heterocycles. The van der Waals surface area contributed by atoms with Crippen molar-refractivity contribution in [1.29, 1.82) is 0 Å². The summed E-state index contributed by atoms with van der Waals surface area (Å²) < 4.78 is 0. The molecule has 1 saturated heterocycles. The second kappa shape index (κ2) is 9.32. The third-order valence-electron chi connectivity index (χ3n) is 5.61. The maximum atomic E-state index is 12.7. The van der Waals surface area contributed by atoms with Gasteiger partial charge in [0.05, 0.1) is 12.2 Å². The van der Waals surface area contributed by atoms with Gasteiger partial charge in [-0.2, -0.15) is 5.10 Å². The summed E-state index contributed by atoms with van der Waals surface area (Å²) in [4.78, 5) is 30.9. The topological polar surface area (TPSA) is 103 Å². The van der Waals surface area contributed by atoms with Crippen LogP contribution in [0.5, 0.6) is 0 Å². The number of carbonyl (C=O) groups excluding carboxylic acids is 2. The van der Waals surface area contributed by atoms with Crippen molar-refractivity contribution in [2.75, 3.05) is 23.3 Å². The van der Waals surface area contributed by atoms with E-state index in [4.69, 9.17) is 0 Å². The van der Waals surface area contributed by atoms with Crippen molar-refractivity contribution in [3.05, 3.63) is 59.4 Å². The molecule has 32 heavy (non-hydrogen) atoms. The highest BCUT2D eigenvalue weighted by molar-refractivity contribution is 5.96. The zero-order valence-corrected chi connectivity index (χ0v) is 18.6. The van der Waals surface area contributed by atoms with E-state index in [2.05, 4.69) is 25.8 Å². The number of carbonyl (C=O) groups is 2. The first-order valence-electron chi connectivity index (χ1n) is 10.8. The van der Waals surface area contributed by atoms with E-state index in [1.165, 1.54) is 0 Å². The number of amides is 2. The molecule has 1 fully saturated rings. The van der Waals surface area contributed by atoms with E-state index in [1.807, 2.05) is 68.1 Å². The monoisotopic (exact) mass is 432 g/mol. The minimum absolute atomic E-state index is 0.0500. The zero-order valence-electron chi connectivity index (χ0n) is 18.6. The number of rotatable bonds is 7. The maximum Gasteiger partial charge on any atom is 0.238 e. The van der Waals surface area contributed by atoms with Crippen molar-refractivity contribution >= 4 is 23.2 Å². The number of benzene rings is 2. The van der Waals surface area contributed by atoms with Gasteiger partial charge in [0.2, 0.25) is 11.8 Å². The number of nitrogens with one attached hydrogen (secondary N) is 3. The van der Waals surface area contributed by atoms with Crippen molar-refractivity contribution in [2.45, 2.75) is 39.7 Å². The predicted octanol–water partition coefficient (Wildman–Crippen LogP) is 3.50. The van der Waals surface area contributed by atoms with Crippen molar-refractivity contribution in [3.63, 3.8) is 0 Å². The van der Waals surface area contributed by atoms with Crippen LogP contribution in [-0.2, 0) is 9.59 Å². The Morgan fingerprint density at radius 1 is 1.22 bits per heavy atom. The predicted molar refractivity (Wildman–Crippen MR) is 124 cm³/mol. The third-order valence-corrected chi connectivity index (χ3v) is 5.61. The number of hydrogen-bond acceptors (Lipinski definition) is 5. The first-order valence-corrected chi connectivity index (χ1v) is 10.8. The van der Waals surface area contributed by atoms with Crippen LogP contribution >= 0.6 is 0 Å². The van der Waals surface area contributed by atoms with Gasteiger partial charge in [0.15, 0.2) is 5.82 Å². The number of anilines is 2. The van der Waals surface area contributed by atoms with Gasteiger partial charge in [-0.15, -0.1) is 0 Å². The summed E-state index contributed by atoms with van der Waals surface area (Å²) in [6, 6.07) is 13.7. The molecule has 0 saturated carbocycles. The van der Waals surface area contributed by atoms with E-state index < -0.39 is 0 Å². The molecule has 3 N–H and O–H groups in total. The van der Waals surface area contributed by atoms with E-state index >= 15 is 0 Å². The van der Waals surface area contributed by atoms with E-state index in [0.717, 1.165) is 35.3 Å². The van der Waals surface area contributed by atoms with Crippen LogP contribution < -0.4 is 15.5 Å². The number of hydrogen-bond donors (Lipinski definition) is 3. The Bertz CT molecular complexity index is 1140. The van der Waals surface area contributed by atoms with Crippen LogP contribution in [0.4, 0.5) is 11.4 Å². The molecule has 0 spiro atoms. The van der Waals surface area contributed by atoms with E-state index in [-0.39, 0.29) is 24.4 Å². The lowest BCUT2D eigenvalue weighted by atomic mass is 10.1. The van der Waals surface area contributed by atoms with Crippen LogP contribution in [0, 0.1) is 13.8 Å². The maximum absolute atomic E-state index is 12.7. The molecule has 2 heterocycles. The summed E-state index contributed by atoms with van der Waals surface area (Å²) in [7, 11) is 0. The third kappa shape index (κ3) is 4.86. The number of aromatic amines is 1. The Balaban J connectivity index is 1.41. The average Bonchev–Trinajstić information content (AvgIpc) is 3.40. The molecule has 0 aliphatic carbocycles. The van der Waals surface area contributed by atoms with E-state index in [9.17, 15) is 9.59 Å². The van der Waals surface area contributed by atoms with Gasteiger partial charge in [0.1, 0.15) is 5.82 Å². The second-order valence-electron chi connectivity index (χ2n) is 8.19. The van der Waals surface area contributed by atoms with Crippen molar-refractivity contribution in [1.82, 2.24) is 20.5 Å². The van der Waals surface area contributed by atoms with Gasteiger partial charge >= 0.3 is 0 Å². The van der Waals surface area contributed by atoms with Gasteiger partial charge in [0, 0.05) is 30.3 Å². The summed E-state index contributed by atoms with van der Waals surface area (Å²) >= 11 is 0. The van der Waals surface area contributed by atoms with E-state index in [1.54, 1.807) is 0 Å². The van der Waals surface area contributed by atoms with Gasteiger partial charge in [-0.1, -0.05) is 18.2 Å².